The number of nitro benzene ring substituents is 1. The van der Waals surface area contributed by atoms with E-state index in [0.717, 1.165) is 37.8 Å². The minimum Gasteiger partial charge on any atom is -0.366 e. The molecule has 1 amide bonds. The molecule has 0 aromatic heterocycles. The molecule has 0 spiro atoms. The minimum atomic E-state index is -0.480. The van der Waals surface area contributed by atoms with Gasteiger partial charge in [0.15, 0.2) is 5.78 Å². The predicted molar refractivity (Wildman–Crippen MR) is 127 cm³/mol. The number of rotatable bonds is 5. The summed E-state index contributed by atoms with van der Waals surface area (Å²) in [5, 5.41) is 14.9. The Balaban J connectivity index is 1.52. The van der Waals surface area contributed by atoms with Gasteiger partial charge in [-0.25, -0.2) is 4.39 Å². The number of amides is 1. The number of carbonyl (C=O) groups is 2. The molecular weight excluding hydrogens is 439 g/mol. The molecule has 9 heteroatoms. The van der Waals surface area contributed by atoms with E-state index in [4.69, 9.17) is 0 Å². The van der Waals surface area contributed by atoms with Crippen molar-refractivity contribution in [2.75, 3.05) is 37.6 Å². The van der Waals surface area contributed by atoms with E-state index in [1.165, 1.54) is 25.1 Å². The number of nitro groups is 1. The van der Waals surface area contributed by atoms with Gasteiger partial charge in [0.1, 0.15) is 5.82 Å². The highest BCUT2D eigenvalue weighted by atomic mass is 19.1. The molecule has 0 radical (unpaired) electrons. The third-order valence-corrected chi connectivity index (χ3v) is 6.68. The number of ketones is 1. The molecular formula is C25H29FN4O4. The lowest BCUT2D eigenvalue weighted by atomic mass is 9.95. The summed E-state index contributed by atoms with van der Waals surface area (Å²) < 4.78 is 14.6. The van der Waals surface area contributed by atoms with Crippen molar-refractivity contribution in [1.29, 1.82) is 0 Å². The van der Waals surface area contributed by atoms with Crippen LogP contribution in [0.1, 0.15) is 64.9 Å². The number of carbonyl (C=O) groups excluding carboxylic acids is 2. The van der Waals surface area contributed by atoms with Gasteiger partial charge in [0.2, 0.25) is 0 Å². The second kappa shape index (κ2) is 10.3. The van der Waals surface area contributed by atoms with Gasteiger partial charge in [0.05, 0.1) is 16.2 Å². The summed E-state index contributed by atoms with van der Waals surface area (Å²) in [6.07, 6.45) is 4.10. The molecule has 0 bridgehead atoms. The summed E-state index contributed by atoms with van der Waals surface area (Å²) in [7, 11) is 0. The maximum absolute atomic E-state index is 14.6. The molecule has 0 aliphatic carbocycles. The zero-order valence-electron chi connectivity index (χ0n) is 19.3. The molecule has 2 aromatic carbocycles. The molecule has 2 heterocycles. The second-order valence-corrected chi connectivity index (χ2v) is 8.89. The SMILES string of the molecule is CC(=O)c1ccc(N2CCN(C(=O)c3cc([N+](=O)[O-])ccc3C3CCCCCN3)CC2)c(F)c1. The molecule has 8 nitrogen and oxygen atoms in total. The highest BCUT2D eigenvalue weighted by Gasteiger charge is 2.29. The average Bonchev–Trinajstić information content (AvgIpc) is 3.13. The van der Waals surface area contributed by atoms with E-state index < -0.39 is 10.7 Å². The van der Waals surface area contributed by atoms with Gasteiger partial charge in [0.25, 0.3) is 11.6 Å². The van der Waals surface area contributed by atoms with Crippen LogP contribution < -0.4 is 10.2 Å². The Labute approximate surface area is 197 Å². The lowest BCUT2D eigenvalue weighted by Gasteiger charge is -2.36. The first-order chi connectivity index (χ1) is 16.3. The number of piperazine rings is 1. The average molecular weight is 469 g/mol. The van der Waals surface area contributed by atoms with E-state index in [0.29, 0.717) is 43.0 Å². The van der Waals surface area contributed by atoms with Crippen LogP contribution in [0.15, 0.2) is 36.4 Å². The standard InChI is InChI=1S/C25H29FN4O4/c1-17(31)18-6-9-24(22(26)15-18)28-11-13-29(14-12-28)25(32)21-16-19(30(33)34)7-8-20(21)23-5-3-2-4-10-27-23/h6-9,15-16,23,27H,2-5,10-14H2,1H3. The molecule has 1 unspecified atom stereocenters. The Hall–Kier alpha value is -3.33. The molecule has 180 valence electrons. The summed E-state index contributed by atoms with van der Waals surface area (Å²) >= 11 is 0. The lowest BCUT2D eigenvalue weighted by molar-refractivity contribution is -0.384. The van der Waals surface area contributed by atoms with Crippen molar-refractivity contribution in [2.45, 2.75) is 38.6 Å². The zero-order valence-corrected chi connectivity index (χ0v) is 19.3. The molecule has 4 rings (SSSR count). The smallest absolute Gasteiger partial charge is 0.270 e. The van der Waals surface area contributed by atoms with Crippen LogP contribution in [0.5, 0.6) is 0 Å². The van der Waals surface area contributed by atoms with E-state index in [1.807, 2.05) is 4.90 Å². The topological polar surface area (TPSA) is 95.8 Å². The lowest BCUT2D eigenvalue weighted by Crippen LogP contribution is -2.49. The molecule has 2 fully saturated rings. The fraction of sp³-hybridized carbons (Fsp3) is 0.440. The van der Waals surface area contributed by atoms with Gasteiger partial charge in [0, 0.05) is 49.9 Å². The number of non-ortho nitro benzene ring substituents is 1. The summed E-state index contributed by atoms with van der Waals surface area (Å²) in [6, 6.07) is 8.98. The Morgan fingerprint density at radius 2 is 1.82 bits per heavy atom. The molecule has 1 atom stereocenters. The highest BCUT2D eigenvalue weighted by molar-refractivity contribution is 5.97. The number of benzene rings is 2. The zero-order chi connectivity index (χ0) is 24.2. The first kappa shape index (κ1) is 23.8. The van der Waals surface area contributed by atoms with E-state index in [-0.39, 0.29) is 23.4 Å². The number of hydrogen-bond donors (Lipinski definition) is 1. The first-order valence-corrected chi connectivity index (χ1v) is 11.7. The molecule has 2 aliphatic rings. The second-order valence-electron chi connectivity index (χ2n) is 8.89. The molecule has 0 saturated carbocycles. The van der Waals surface area contributed by atoms with Crippen LogP contribution in [0.2, 0.25) is 0 Å². The maximum atomic E-state index is 14.6. The van der Waals surface area contributed by atoms with Crippen molar-refractivity contribution in [3.05, 3.63) is 69.0 Å². The third-order valence-electron chi connectivity index (χ3n) is 6.68. The van der Waals surface area contributed by atoms with Crippen LogP contribution in [0.25, 0.3) is 0 Å². The van der Waals surface area contributed by atoms with Crippen LogP contribution in [-0.4, -0.2) is 54.2 Å². The van der Waals surface area contributed by atoms with Crippen molar-refractivity contribution in [2.24, 2.45) is 0 Å². The number of Topliss-reactive ketones (excluding diaryl/α,β-unsaturated/α-hetero) is 1. The Morgan fingerprint density at radius 1 is 1.06 bits per heavy atom. The highest BCUT2D eigenvalue weighted by Crippen LogP contribution is 2.30. The summed E-state index contributed by atoms with van der Waals surface area (Å²) in [4.78, 5) is 39.4. The summed E-state index contributed by atoms with van der Waals surface area (Å²) in [6.45, 7) is 3.83. The van der Waals surface area contributed by atoms with Crippen molar-refractivity contribution < 1.29 is 18.9 Å². The van der Waals surface area contributed by atoms with Crippen LogP contribution in [-0.2, 0) is 0 Å². The van der Waals surface area contributed by atoms with Crippen LogP contribution in [0.4, 0.5) is 15.8 Å². The van der Waals surface area contributed by atoms with Crippen molar-refractivity contribution >= 4 is 23.1 Å². The number of anilines is 1. The van der Waals surface area contributed by atoms with Crippen molar-refractivity contribution in [3.8, 4) is 0 Å². The Morgan fingerprint density at radius 3 is 2.50 bits per heavy atom. The fourth-order valence-electron chi connectivity index (χ4n) is 4.74. The minimum absolute atomic E-state index is 0.0163. The number of nitrogens with zero attached hydrogens (tertiary/aromatic N) is 3. The molecule has 2 saturated heterocycles. The van der Waals surface area contributed by atoms with Crippen molar-refractivity contribution in [1.82, 2.24) is 10.2 Å². The van der Waals surface area contributed by atoms with E-state index in [2.05, 4.69) is 5.32 Å². The monoisotopic (exact) mass is 468 g/mol. The largest absolute Gasteiger partial charge is 0.366 e. The summed E-state index contributed by atoms with van der Waals surface area (Å²) in [5.41, 5.74) is 1.77. The van der Waals surface area contributed by atoms with Crippen LogP contribution in [0, 0.1) is 15.9 Å². The van der Waals surface area contributed by atoms with Gasteiger partial charge < -0.3 is 15.1 Å². The first-order valence-electron chi connectivity index (χ1n) is 11.7. The summed E-state index contributed by atoms with van der Waals surface area (Å²) in [5.74, 6) is -0.901. The van der Waals surface area contributed by atoms with Crippen LogP contribution in [0.3, 0.4) is 0 Å². The van der Waals surface area contributed by atoms with Gasteiger partial charge in [-0.1, -0.05) is 12.8 Å². The van der Waals surface area contributed by atoms with Crippen molar-refractivity contribution in [3.63, 3.8) is 0 Å². The van der Waals surface area contributed by atoms with Gasteiger partial charge in [-0.3, -0.25) is 19.7 Å². The molecule has 2 aliphatic heterocycles. The number of halogens is 1. The van der Waals surface area contributed by atoms with E-state index >= 15 is 0 Å². The normalized spacial score (nSPS) is 18.9. The molecule has 2 aromatic rings. The van der Waals surface area contributed by atoms with Gasteiger partial charge in [-0.15, -0.1) is 0 Å². The number of nitrogens with one attached hydrogen (secondary N) is 1. The molecule has 1 N–H and O–H groups in total. The Bertz CT molecular complexity index is 1090. The Kier molecular flexibility index (Phi) is 7.21. The van der Waals surface area contributed by atoms with Crippen LogP contribution >= 0.6 is 0 Å². The van der Waals surface area contributed by atoms with Gasteiger partial charge in [-0.05, 0) is 56.1 Å². The quantitative estimate of drug-likeness (QED) is 0.403. The van der Waals surface area contributed by atoms with E-state index in [9.17, 15) is 24.1 Å². The molecule has 34 heavy (non-hydrogen) atoms. The van der Waals surface area contributed by atoms with E-state index in [1.54, 1.807) is 23.1 Å². The van der Waals surface area contributed by atoms with Gasteiger partial charge >= 0.3 is 0 Å². The number of hydrogen-bond acceptors (Lipinski definition) is 6. The predicted octanol–water partition coefficient (Wildman–Crippen LogP) is 4.10. The maximum Gasteiger partial charge on any atom is 0.270 e. The third kappa shape index (κ3) is 5.09. The van der Waals surface area contributed by atoms with Gasteiger partial charge in [-0.2, -0.15) is 0 Å². The fourth-order valence-corrected chi connectivity index (χ4v) is 4.74.